The third kappa shape index (κ3) is 4.08. The summed E-state index contributed by atoms with van der Waals surface area (Å²) in [6.07, 6.45) is 3.51. The molecule has 6 heteroatoms. The van der Waals surface area contributed by atoms with Crippen LogP contribution in [0.1, 0.15) is 36.3 Å². The Hall–Kier alpha value is -3.67. The van der Waals surface area contributed by atoms with Crippen LogP contribution in [0.25, 0.3) is 16.5 Å². The van der Waals surface area contributed by atoms with Crippen LogP contribution < -0.4 is 10.9 Å². The third-order valence-corrected chi connectivity index (χ3v) is 6.00. The van der Waals surface area contributed by atoms with Crippen LogP contribution in [0.3, 0.4) is 0 Å². The Bertz CT molecular complexity index is 1290. The topological polar surface area (TPSA) is 68.9 Å². The Morgan fingerprint density at radius 3 is 2.34 bits per heavy atom. The number of nitrogens with one attached hydrogen (secondary N) is 1. The highest BCUT2D eigenvalue weighted by Gasteiger charge is 2.23. The smallest absolute Gasteiger partial charge is 0.281 e. The summed E-state index contributed by atoms with van der Waals surface area (Å²) in [6.45, 7) is 6.31. The number of carbonyl (C=O) groups is 1. The predicted octanol–water partition coefficient (Wildman–Crippen LogP) is 4.11. The molecular formula is C26H28N4O2. The molecule has 0 aliphatic carbocycles. The number of aromatic nitrogens is 3. The van der Waals surface area contributed by atoms with Gasteiger partial charge in [0, 0.05) is 23.3 Å². The Balaban J connectivity index is 1.55. The fourth-order valence-corrected chi connectivity index (χ4v) is 4.33. The van der Waals surface area contributed by atoms with Crippen LogP contribution in [0.4, 0.5) is 0 Å². The van der Waals surface area contributed by atoms with Crippen molar-refractivity contribution in [1.29, 1.82) is 0 Å². The van der Waals surface area contributed by atoms with Crippen LogP contribution >= 0.6 is 0 Å². The lowest BCUT2D eigenvalue weighted by Crippen LogP contribution is -2.32. The molecule has 1 amide bonds. The second-order valence-corrected chi connectivity index (χ2v) is 8.08. The van der Waals surface area contributed by atoms with Crippen molar-refractivity contribution in [2.24, 2.45) is 0 Å². The summed E-state index contributed by atoms with van der Waals surface area (Å²) in [6, 6.07) is 19.2. The molecule has 0 unspecified atom stereocenters. The van der Waals surface area contributed by atoms with Crippen molar-refractivity contribution in [1.82, 2.24) is 19.7 Å². The molecule has 2 aromatic heterocycles. The Morgan fingerprint density at radius 2 is 1.66 bits per heavy atom. The molecule has 6 nitrogen and oxygen atoms in total. The van der Waals surface area contributed by atoms with Gasteiger partial charge >= 0.3 is 0 Å². The van der Waals surface area contributed by atoms with Gasteiger partial charge < -0.3 is 9.88 Å². The molecule has 0 fully saturated rings. The van der Waals surface area contributed by atoms with E-state index in [4.69, 9.17) is 0 Å². The first-order chi connectivity index (χ1) is 15.5. The molecular weight excluding hydrogens is 400 g/mol. The summed E-state index contributed by atoms with van der Waals surface area (Å²) in [4.78, 5) is 26.1. The minimum atomic E-state index is -0.427. The molecule has 2 aromatic carbocycles. The molecule has 4 rings (SSSR count). The summed E-state index contributed by atoms with van der Waals surface area (Å²) in [5, 5.41) is 8.80. The Morgan fingerprint density at radius 1 is 1.00 bits per heavy atom. The zero-order valence-corrected chi connectivity index (χ0v) is 18.7. The first kappa shape index (κ1) is 21.6. The largest absolute Gasteiger partial charge is 0.354 e. The Labute approximate surface area is 187 Å². The average Bonchev–Trinajstić information content (AvgIpc) is 3.08. The van der Waals surface area contributed by atoms with Crippen molar-refractivity contribution in [3.8, 4) is 5.69 Å². The molecule has 1 N–H and O–H groups in total. The van der Waals surface area contributed by atoms with Gasteiger partial charge in [0.05, 0.1) is 17.3 Å². The van der Waals surface area contributed by atoms with Gasteiger partial charge in [0.15, 0.2) is 0 Å². The number of para-hydroxylation sites is 1. The number of rotatable bonds is 7. The van der Waals surface area contributed by atoms with Crippen molar-refractivity contribution in [3.63, 3.8) is 0 Å². The average molecular weight is 429 g/mol. The highest BCUT2D eigenvalue weighted by Crippen LogP contribution is 2.26. The van der Waals surface area contributed by atoms with Crippen molar-refractivity contribution >= 4 is 16.7 Å². The Kier molecular flexibility index (Phi) is 6.21. The van der Waals surface area contributed by atoms with E-state index in [0.717, 1.165) is 29.6 Å². The van der Waals surface area contributed by atoms with E-state index < -0.39 is 6.04 Å². The highest BCUT2D eigenvalue weighted by atomic mass is 16.2. The van der Waals surface area contributed by atoms with Gasteiger partial charge in [-0.25, -0.2) is 0 Å². The quantitative estimate of drug-likeness (QED) is 0.450. The van der Waals surface area contributed by atoms with Gasteiger partial charge in [-0.2, -0.15) is 9.78 Å². The molecule has 32 heavy (non-hydrogen) atoms. The van der Waals surface area contributed by atoms with Gasteiger partial charge in [0.1, 0.15) is 6.04 Å². The minimum absolute atomic E-state index is 0.0547. The lowest BCUT2D eigenvalue weighted by molar-refractivity contribution is -0.123. The van der Waals surface area contributed by atoms with E-state index in [2.05, 4.69) is 22.5 Å². The molecule has 1 atom stereocenters. The maximum Gasteiger partial charge on any atom is 0.281 e. The van der Waals surface area contributed by atoms with Gasteiger partial charge in [0.2, 0.25) is 5.91 Å². The highest BCUT2D eigenvalue weighted by molar-refractivity contribution is 5.89. The monoisotopic (exact) mass is 428 g/mol. The standard InChI is InChI=1S/C26H28N4O2/c1-18-23-17-28-30(22-14-8-5-9-15-22)26(32)24(23)19(2)29(18)20(3)25(31)27-16-10-13-21-11-6-4-7-12-21/h4-9,11-12,14-15,17,20H,10,13,16H2,1-3H3,(H,27,31)/t20-/m1/s1. The fourth-order valence-electron chi connectivity index (χ4n) is 4.33. The zero-order chi connectivity index (χ0) is 22.7. The number of amides is 1. The summed E-state index contributed by atoms with van der Waals surface area (Å²) in [7, 11) is 0. The summed E-state index contributed by atoms with van der Waals surface area (Å²) in [5.74, 6) is -0.0547. The zero-order valence-electron chi connectivity index (χ0n) is 18.7. The molecule has 0 aliphatic heterocycles. The molecule has 0 saturated carbocycles. The van der Waals surface area contributed by atoms with Gasteiger partial charge in [-0.15, -0.1) is 0 Å². The lowest BCUT2D eigenvalue weighted by atomic mass is 10.1. The van der Waals surface area contributed by atoms with Crippen molar-refractivity contribution < 1.29 is 4.79 Å². The van der Waals surface area contributed by atoms with Crippen molar-refractivity contribution in [2.75, 3.05) is 6.54 Å². The molecule has 2 heterocycles. The van der Waals surface area contributed by atoms with E-state index in [0.29, 0.717) is 17.6 Å². The molecule has 164 valence electrons. The number of fused-ring (bicyclic) bond motifs is 1. The van der Waals surface area contributed by atoms with Gasteiger partial charge in [-0.05, 0) is 51.3 Å². The van der Waals surface area contributed by atoms with Crippen molar-refractivity contribution in [3.05, 3.63) is 94.2 Å². The van der Waals surface area contributed by atoms with Crippen LogP contribution in [-0.2, 0) is 11.2 Å². The summed E-state index contributed by atoms with van der Waals surface area (Å²) in [5.41, 5.74) is 3.45. The lowest BCUT2D eigenvalue weighted by Gasteiger charge is -2.18. The van der Waals surface area contributed by atoms with E-state index in [1.165, 1.54) is 10.2 Å². The number of carbonyl (C=O) groups excluding carboxylic acids is 1. The van der Waals surface area contributed by atoms with Crippen LogP contribution in [0.2, 0.25) is 0 Å². The molecule has 0 aliphatic rings. The van der Waals surface area contributed by atoms with E-state index in [1.54, 1.807) is 6.20 Å². The van der Waals surface area contributed by atoms with E-state index in [1.807, 2.05) is 73.9 Å². The van der Waals surface area contributed by atoms with Gasteiger partial charge in [-0.3, -0.25) is 9.59 Å². The number of aryl methyl sites for hydroxylation is 3. The van der Waals surface area contributed by atoms with E-state index in [-0.39, 0.29) is 11.5 Å². The fraction of sp³-hybridized carbons (Fsp3) is 0.269. The first-order valence-electron chi connectivity index (χ1n) is 11.0. The molecule has 4 aromatic rings. The molecule has 0 bridgehead atoms. The maximum absolute atomic E-state index is 13.2. The maximum atomic E-state index is 13.2. The number of hydrogen-bond acceptors (Lipinski definition) is 3. The summed E-state index contributed by atoms with van der Waals surface area (Å²) < 4.78 is 3.35. The second-order valence-electron chi connectivity index (χ2n) is 8.08. The number of hydrogen-bond donors (Lipinski definition) is 1. The van der Waals surface area contributed by atoms with Crippen LogP contribution in [0.15, 0.2) is 71.7 Å². The molecule has 0 radical (unpaired) electrons. The van der Waals surface area contributed by atoms with E-state index in [9.17, 15) is 9.59 Å². The number of nitrogens with zero attached hydrogens (tertiary/aromatic N) is 3. The van der Waals surface area contributed by atoms with Crippen LogP contribution in [0.5, 0.6) is 0 Å². The molecule has 0 spiro atoms. The van der Waals surface area contributed by atoms with Gasteiger partial charge in [-0.1, -0.05) is 48.5 Å². The normalized spacial score (nSPS) is 12.1. The first-order valence-corrected chi connectivity index (χ1v) is 11.0. The summed E-state index contributed by atoms with van der Waals surface area (Å²) >= 11 is 0. The predicted molar refractivity (Wildman–Crippen MR) is 127 cm³/mol. The minimum Gasteiger partial charge on any atom is -0.354 e. The van der Waals surface area contributed by atoms with Crippen LogP contribution in [-0.4, -0.2) is 26.8 Å². The SMILES string of the molecule is Cc1c2cnn(-c3ccccc3)c(=O)c2c(C)n1[C@H](C)C(=O)NCCCc1ccccc1. The molecule has 0 saturated heterocycles. The number of benzene rings is 2. The van der Waals surface area contributed by atoms with E-state index >= 15 is 0 Å². The third-order valence-electron chi connectivity index (χ3n) is 6.00. The van der Waals surface area contributed by atoms with Crippen LogP contribution in [0, 0.1) is 13.8 Å². The van der Waals surface area contributed by atoms with Gasteiger partial charge in [0.25, 0.3) is 5.56 Å². The van der Waals surface area contributed by atoms with Crippen molar-refractivity contribution in [2.45, 2.75) is 39.7 Å². The second kappa shape index (κ2) is 9.22.